The van der Waals surface area contributed by atoms with Gasteiger partial charge in [0.25, 0.3) is 0 Å². The van der Waals surface area contributed by atoms with Crippen LogP contribution < -0.4 is 5.32 Å². The second kappa shape index (κ2) is 6.08. The standard InChI is InChI=1S/C11H22N2O2/c1-9-8-13(7-5-10(9)14)6-3-4-11(15)12-2/h9-10,14H,3-8H2,1-2H3,(H,12,15). The Labute approximate surface area is 91.6 Å². The lowest BCUT2D eigenvalue weighted by Crippen LogP contribution is -2.42. The molecule has 2 atom stereocenters. The lowest BCUT2D eigenvalue weighted by atomic mass is 9.96. The number of nitrogens with one attached hydrogen (secondary N) is 1. The zero-order valence-electron chi connectivity index (χ0n) is 9.70. The van der Waals surface area contributed by atoms with E-state index in [0.717, 1.165) is 32.5 Å². The smallest absolute Gasteiger partial charge is 0.219 e. The molecule has 1 saturated heterocycles. The Hall–Kier alpha value is -0.610. The fourth-order valence-electron chi connectivity index (χ4n) is 2.01. The maximum Gasteiger partial charge on any atom is 0.219 e. The van der Waals surface area contributed by atoms with Crippen LogP contribution in [0, 0.1) is 5.92 Å². The molecule has 0 aromatic heterocycles. The number of piperidine rings is 1. The predicted octanol–water partition coefficient (Wildman–Crippen LogP) is 0.215. The van der Waals surface area contributed by atoms with E-state index in [-0.39, 0.29) is 12.0 Å². The van der Waals surface area contributed by atoms with Crippen LogP contribution in [0.5, 0.6) is 0 Å². The molecular formula is C11H22N2O2. The average Bonchev–Trinajstić information content (AvgIpc) is 2.23. The maximum atomic E-state index is 11.0. The highest BCUT2D eigenvalue weighted by molar-refractivity contribution is 5.75. The van der Waals surface area contributed by atoms with Crippen LogP contribution in [-0.2, 0) is 4.79 Å². The first-order chi connectivity index (χ1) is 7.13. The minimum atomic E-state index is -0.139. The van der Waals surface area contributed by atoms with Crippen LogP contribution >= 0.6 is 0 Å². The highest BCUT2D eigenvalue weighted by Crippen LogP contribution is 2.16. The van der Waals surface area contributed by atoms with E-state index in [0.29, 0.717) is 12.3 Å². The Morgan fingerprint density at radius 3 is 2.93 bits per heavy atom. The molecule has 1 aliphatic rings. The van der Waals surface area contributed by atoms with E-state index in [1.54, 1.807) is 7.05 Å². The van der Waals surface area contributed by atoms with E-state index < -0.39 is 0 Å². The van der Waals surface area contributed by atoms with Crippen molar-refractivity contribution in [1.29, 1.82) is 0 Å². The monoisotopic (exact) mass is 214 g/mol. The molecule has 1 fully saturated rings. The molecule has 1 aliphatic heterocycles. The predicted molar refractivity (Wildman–Crippen MR) is 59.5 cm³/mol. The molecule has 15 heavy (non-hydrogen) atoms. The van der Waals surface area contributed by atoms with Gasteiger partial charge in [0.1, 0.15) is 0 Å². The third kappa shape index (κ3) is 4.18. The van der Waals surface area contributed by atoms with Gasteiger partial charge in [0.05, 0.1) is 6.10 Å². The van der Waals surface area contributed by atoms with Crippen molar-refractivity contribution in [3.05, 3.63) is 0 Å². The Morgan fingerprint density at radius 2 is 2.33 bits per heavy atom. The van der Waals surface area contributed by atoms with Gasteiger partial charge in [0, 0.05) is 26.6 Å². The van der Waals surface area contributed by atoms with Gasteiger partial charge in [-0.15, -0.1) is 0 Å². The van der Waals surface area contributed by atoms with Crippen LogP contribution in [0.3, 0.4) is 0 Å². The molecule has 88 valence electrons. The van der Waals surface area contributed by atoms with Crippen molar-refractivity contribution in [2.24, 2.45) is 5.92 Å². The number of rotatable bonds is 4. The number of hydrogen-bond acceptors (Lipinski definition) is 3. The number of aliphatic hydroxyl groups is 1. The van der Waals surface area contributed by atoms with Crippen LogP contribution in [0.4, 0.5) is 0 Å². The molecule has 0 aromatic carbocycles. The Morgan fingerprint density at radius 1 is 1.60 bits per heavy atom. The molecule has 0 spiro atoms. The van der Waals surface area contributed by atoms with Gasteiger partial charge in [-0.1, -0.05) is 6.92 Å². The molecular weight excluding hydrogens is 192 g/mol. The highest BCUT2D eigenvalue weighted by atomic mass is 16.3. The molecule has 2 N–H and O–H groups in total. The van der Waals surface area contributed by atoms with Gasteiger partial charge in [-0.25, -0.2) is 0 Å². The SMILES string of the molecule is CNC(=O)CCCN1CCC(O)C(C)C1. The molecule has 0 aliphatic carbocycles. The largest absolute Gasteiger partial charge is 0.393 e. The molecule has 0 aromatic rings. The summed E-state index contributed by atoms with van der Waals surface area (Å²) in [5, 5.41) is 12.2. The number of carbonyl (C=O) groups is 1. The zero-order valence-corrected chi connectivity index (χ0v) is 9.70. The van der Waals surface area contributed by atoms with Crippen LogP contribution in [0.2, 0.25) is 0 Å². The van der Waals surface area contributed by atoms with Gasteiger partial charge in [0.15, 0.2) is 0 Å². The number of likely N-dealkylation sites (tertiary alicyclic amines) is 1. The fourth-order valence-corrected chi connectivity index (χ4v) is 2.01. The first kappa shape index (κ1) is 12.5. The van der Waals surface area contributed by atoms with Crippen LogP contribution in [0.1, 0.15) is 26.2 Å². The number of carbonyl (C=O) groups excluding carboxylic acids is 1. The van der Waals surface area contributed by atoms with Crippen LogP contribution in [0.15, 0.2) is 0 Å². The molecule has 0 bridgehead atoms. The van der Waals surface area contributed by atoms with Gasteiger partial charge in [-0.3, -0.25) is 4.79 Å². The first-order valence-corrected chi connectivity index (χ1v) is 5.74. The Balaban J connectivity index is 2.14. The summed E-state index contributed by atoms with van der Waals surface area (Å²) in [6.45, 7) is 4.95. The van der Waals surface area contributed by atoms with Gasteiger partial charge in [0.2, 0.25) is 5.91 Å². The Bertz CT molecular complexity index is 209. The average molecular weight is 214 g/mol. The van der Waals surface area contributed by atoms with Crippen molar-refractivity contribution >= 4 is 5.91 Å². The van der Waals surface area contributed by atoms with Crippen molar-refractivity contribution < 1.29 is 9.90 Å². The zero-order chi connectivity index (χ0) is 11.3. The second-order valence-corrected chi connectivity index (χ2v) is 4.41. The van der Waals surface area contributed by atoms with Crippen LogP contribution in [0.25, 0.3) is 0 Å². The van der Waals surface area contributed by atoms with E-state index in [1.165, 1.54) is 0 Å². The second-order valence-electron chi connectivity index (χ2n) is 4.41. The summed E-state index contributed by atoms with van der Waals surface area (Å²) in [6, 6.07) is 0. The van der Waals surface area contributed by atoms with E-state index in [4.69, 9.17) is 0 Å². The van der Waals surface area contributed by atoms with E-state index in [9.17, 15) is 9.90 Å². The Kier molecular flexibility index (Phi) is 5.05. The normalized spacial score (nSPS) is 27.7. The third-order valence-electron chi connectivity index (χ3n) is 3.10. The topological polar surface area (TPSA) is 52.6 Å². The molecule has 1 amide bonds. The minimum Gasteiger partial charge on any atom is -0.393 e. The number of aliphatic hydroxyl groups excluding tert-OH is 1. The summed E-state index contributed by atoms with van der Waals surface area (Å²) in [5.41, 5.74) is 0. The molecule has 0 saturated carbocycles. The van der Waals surface area contributed by atoms with Gasteiger partial charge in [-0.05, 0) is 25.3 Å². The number of amides is 1. The summed E-state index contributed by atoms with van der Waals surface area (Å²) in [7, 11) is 1.67. The van der Waals surface area contributed by atoms with Crippen molar-refractivity contribution in [1.82, 2.24) is 10.2 Å². The van der Waals surface area contributed by atoms with E-state index >= 15 is 0 Å². The molecule has 2 unspecified atom stereocenters. The van der Waals surface area contributed by atoms with Gasteiger partial charge >= 0.3 is 0 Å². The maximum absolute atomic E-state index is 11.0. The highest BCUT2D eigenvalue weighted by Gasteiger charge is 2.23. The number of hydrogen-bond donors (Lipinski definition) is 2. The van der Waals surface area contributed by atoms with Gasteiger partial charge in [-0.2, -0.15) is 0 Å². The van der Waals surface area contributed by atoms with Crippen molar-refractivity contribution in [3.63, 3.8) is 0 Å². The molecule has 1 rings (SSSR count). The molecule has 4 heteroatoms. The quantitative estimate of drug-likeness (QED) is 0.703. The van der Waals surface area contributed by atoms with Crippen molar-refractivity contribution in [2.75, 3.05) is 26.7 Å². The van der Waals surface area contributed by atoms with Crippen molar-refractivity contribution in [3.8, 4) is 0 Å². The summed E-state index contributed by atoms with van der Waals surface area (Å²) < 4.78 is 0. The van der Waals surface area contributed by atoms with Gasteiger partial charge < -0.3 is 15.3 Å². The summed E-state index contributed by atoms with van der Waals surface area (Å²) >= 11 is 0. The molecule has 0 radical (unpaired) electrons. The van der Waals surface area contributed by atoms with Crippen molar-refractivity contribution in [2.45, 2.75) is 32.3 Å². The summed E-state index contributed by atoms with van der Waals surface area (Å²) in [6.07, 6.45) is 2.23. The van der Waals surface area contributed by atoms with Crippen LogP contribution in [-0.4, -0.2) is 48.7 Å². The lowest BCUT2D eigenvalue weighted by Gasteiger charge is -2.34. The number of nitrogens with zero attached hydrogens (tertiary/aromatic N) is 1. The minimum absolute atomic E-state index is 0.111. The van der Waals surface area contributed by atoms with E-state index in [1.807, 2.05) is 0 Å². The molecule has 4 nitrogen and oxygen atoms in total. The first-order valence-electron chi connectivity index (χ1n) is 5.74. The summed E-state index contributed by atoms with van der Waals surface area (Å²) in [5.74, 6) is 0.471. The third-order valence-corrected chi connectivity index (χ3v) is 3.10. The fraction of sp³-hybridized carbons (Fsp3) is 0.909. The lowest BCUT2D eigenvalue weighted by molar-refractivity contribution is -0.120. The summed E-state index contributed by atoms with van der Waals surface area (Å²) in [4.78, 5) is 13.3. The van der Waals surface area contributed by atoms with E-state index in [2.05, 4.69) is 17.1 Å². The molecule has 1 heterocycles.